The Bertz CT molecular complexity index is 768. The number of carbonyl (C=O) groups is 2. The van der Waals surface area contributed by atoms with Crippen LogP contribution in [0.1, 0.15) is 46.9 Å². The molecular weight excluding hydrogens is 345 g/mol. The molecule has 0 atom stereocenters. The second kappa shape index (κ2) is 9.13. The molecule has 7 heteroatoms. The normalized spacial score (nSPS) is 10.4. The summed E-state index contributed by atoms with van der Waals surface area (Å²) in [6.45, 7) is 2.67. The van der Waals surface area contributed by atoms with E-state index in [1.54, 1.807) is 0 Å². The van der Waals surface area contributed by atoms with Crippen LogP contribution >= 0.6 is 11.6 Å². The highest BCUT2D eigenvalue weighted by Crippen LogP contribution is 2.20. The predicted molar refractivity (Wildman–Crippen MR) is 95.5 cm³/mol. The maximum Gasteiger partial charge on any atom is 0.257 e. The Balaban J connectivity index is 2.03. The number of pyridine rings is 1. The molecule has 132 valence electrons. The molecule has 2 amide bonds. The number of amides is 2. The van der Waals surface area contributed by atoms with Gasteiger partial charge in [-0.25, -0.2) is 4.39 Å². The number of aromatic nitrogens is 1. The van der Waals surface area contributed by atoms with Crippen molar-refractivity contribution >= 4 is 29.1 Å². The first-order valence-corrected chi connectivity index (χ1v) is 8.38. The average Bonchev–Trinajstić information content (AvgIpc) is 2.62. The number of rotatable bonds is 7. The first-order chi connectivity index (χ1) is 12.0. The van der Waals surface area contributed by atoms with Gasteiger partial charge in [0.15, 0.2) is 0 Å². The van der Waals surface area contributed by atoms with E-state index in [1.165, 1.54) is 30.6 Å². The lowest BCUT2D eigenvalue weighted by molar-refractivity contribution is 0.0952. The molecule has 1 aromatic heterocycles. The Morgan fingerprint density at radius 1 is 1.12 bits per heavy atom. The topological polar surface area (TPSA) is 71.1 Å². The lowest BCUT2D eigenvalue weighted by Crippen LogP contribution is -2.25. The predicted octanol–water partition coefficient (Wildman–Crippen LogP) is 4.05. The van der Waals surface area contributed by atoms with Gasteiger partial charge in [0.05, 0.1) is 16.1 Å². The van der Waals surface area contributed by atoms with Gasteiger partial charge < -0.3 is 10.6 Å². The quantitative estimate of drug-likeness (QED) is 0.729. The summed E-state index contributed by atoms with van der Waals surface area (Å²) in [6.07, 6.45) is 5.78. The number of carbonyl (C=O) groups excluding carboxylic acids is 2. The van der Waals surface area contributed by atoms with E-state index >= 15 is 0 Å². The fraction of sp³-hybridized carbons (Fsp3) is 0.278. The minimum absolute atomic E-state index is 0.0869. The fourth-order valence-corrected chi connectivity index (χ4v) is 2.32. The number of halogens is 2. The molecule has 0 saturated heterocycles. The van der Waals surface area contributed by atoms with E-state index in [1.807, 2.05) is 0 Å². The average molecular weight is 364 g/mol. The van der Waals surface area contributed by atoms with Gasteiger partial charge in [0.25, 0.3) is 11.8 Å². The number of anilines is 1. The molecule has 2 rings (SSSR count). The smallest absolute Gasteiger partial charge is 0.257 e. The summed E-state index contributed by atoms with van der Waals surface area (Å²) in [4.78, 5) is 28.3. The summed E-state index contributed by atoms with van der Waals surface area (Å²) in [5.41, 5.74) is 0.883. The zero-order valence-electron chi connectivity index (χ0n) is 13.8. The lowest BCUT2D eigenvalue weighted by atomic mass is 10.1. The molecule has 0 radical (unpaired) electrons. The Morgan fingerprint density at radius 2 is 1.84 bits per heavy atom. The summed E-state index contributed by atoms with van der Waals surface area (Å²) >= 11 is 5.69. The number of benzene rings is 1. The van der Waals surface area contributed by atoms with Gasteiger partial charge in [-0.2, -0.15) is 0 Å². The number of nitrogens with zero attached hydrogens (tertiary/aromatic N) is 1. The van der Waals surface area contributed by atoms with E-state index in [2.05, 4.69) is 22.5 Å². The second-order valence-electron chi connectivity index (χ2n) is 5.51. The van der Waals surface area contributed by atoms with Gasteiger partial charge in [0.1, 0.15) is 5.82 Å². The van der Waals surface area contributed by atoms with E-state index in [0.29, 0.717) is 17.8 Å². The van der Waals surface area contributed by atoms with Crippen molar-refractivity contribution in [2.75, 3.05) is 11.9 Å². The molecule has 0 saturated carbocycles. The highest BCUT2D eigenvalue weighted by Gasteiger charge is 2.12. The van der Waals surface area contributed by atoms with Crippen molar-refractivity contribution < 1.29 is 14.0 Å². The van der Waals surface area contributed by atoms with Crippen LogP contribution in [-0.2, 0) is 0 Å². The van der Waals surface area contributed by atoms with Gasteiger partial charge in [-0.1, -0.05) is 31.4 Å². The van der Waals surface area contributed by atoms with Crippen LogP contribution in [0.15, 0.2) is 36.7 Å². The summed E-state index contributed by atoms with van der Waals surface area (Å²) < 4.78 is 13.2. The molecule has 0 aliphatic carbocycles. The Labute approximate surface area is 150 Å². The highest BCUT2D eigenvalue weighted by atomic mass is 35.5. The first-order valence-electron chi connectivity index (χ1n) is 8.01. The zero-order chi connectivity index (χ0) is 18.2. The van der Waals surface area contributed by atoms with Crippen molar-refractivity contribution in [1.82, 2.24) is 10.3 Å². The molecule has 0 fully saturated rings. The standard InChI is InChI=1S/C18H19ClFN3O2/c1-2-3-4-7-22-17(24)12-8-13(11-21-10-12)18(25)23-14-5-6-16(20)15(19)9-14/h5-6,8-11H,2-4,7H2,1H3,(H,22,24)(H,23,25). The maximum atomic E-state index is 13.2. The van der Waals surface area contributed by atoms with Crippen LogP contribution in [0, 0.1) is 5.82 Å². The van der Waals surface area contributed by atoms with Crippen LogP contribution in [-0.4, -0.2) is 23.3 Å². The summed E-state index contributed by atoms with van der Waals surface area (Å²) in [6, 6.07) is 5.34. The first kappa shape index (κ1) is 18.9. The Kier molecular flexibility index (Phi) is 6.89. The van der Waals surface area contributed by atoms with Gasteiger partial charge in [0, 0.05) is 24.6 Å². The zero-order valence-corrected chi connectivity index (χ0v) is 14.6. The molecule has 1 aromatic carbocycles. The van der Waals surface area contributed by atoms with Crippen molar-refractivity contribution in [2.45, 2.75) is 26.2 Å². The minimum Gasteiger partial charge on any atom is -0.352 e. The SMILES string of the molecule is CCCCCNC(=O)c1cncc(C(=O)Nc2ccc(F)c(Cl)c2)c1. The van der Waals surface area contributed by atoms with E-state index in [-0.39, 0.29) is 16.5 Å². The monoisotopic (exact) mass is 363 g/mol. The summed E-state index contributed by atoms with van der Waals surface area (Å²) in [5.74, 6) is -1.30. The summed E-state index contributed by atoms with van der Waals surface area (Å²) in [5, 5.41) is 5.30. The van der Waals surface area contributed by atoms with Gasteiger partial charge >= 0.3 is 0 Å². The van der Waals surface area contributed by atoms with E-state index < -0.39 is 11.7 Å². The van der Waals surface area contributed by atoms with Crippen molar-refractivity contribution in [2.24, 2.45) is 0 Å². The van der Waals surface area contributed by atoms with Crippen molar-refractivity contribution in [1.29, 1.82) is 0 Å². The molecular formula is C18H19ClFN3O2. The molecule has 25 heavy (non-hydrogen) atoms. The van der Waals surface area contributed by atoms with E-state index in [4.69, 9.17) is 11.6 Å². The third-order valence-corrected chi connectivity index (χ3v) is 3.80. The van der Waals surface area contributed by atoms with Crippen LogP contribution in [0.4, 0.5) is 10.1 Å². The van der Waals surface area contributed by atoms with Crippen LogP contribution in [0.25, 0.3) is 0 Å². The van der Waals surface area contributed by atoms with Crippen LogP contribution in [0.3, 0.4) is 0 Å². The molecule has 0 bridgehead atoms. The van der Waals surface area contributed by atoms with Crippen LogP contribution < -0.4 is 10.6 Å². The Hall–Kier alpha value is -2.47. The van der Waals surface area contributed by atoms with Gasteiger partial charge in [-0.3, -0.25) is 14.6 Å². The van der Waals surface area contributed by atoms with Crippen molar-refractivity contribution in [3.8, 4) is 0 Å². The van der Waals surface area contributed by atoms with Crippen LogP contribution in [0.2, 0.25) is 5.02 Å². The fourth-order valence-electron chi connectivity index (χ4n) is 2.14. The number of hydrogen-bond donors (Lipinski definition) is 2. The largest absolute Gasteiger partial charge is 0.352 e. The Morgan fingerprint density at radius 3 is 2.52 bits per heavy atom. The molecule has 5 nitrogen and oxygen atoms in total. The molecule has 2 N–H and O–H groups in total. The third kappa shape index (κ3) is 5.53. The summed E-state index contributed by atoms with van der Waals surface area (Å²) in [7, 11) is 0. The second-order valence-corrected chi connectivity index (χ2v) is 5.92. The van der Waals surface area contributed by atoms with Gasteiger partial charge in [-0.05, 0) is 30.7 Å². The van der Waals surface area contributed by atoms with Crippen molar-refractivity contribution in [3.05, 3.63) is 58.6 Å². The molecule has 0 spiro atoms. The molecule has 0 aliphatic rings. The van der Waals surface area contributed by atoms with E-state index in [0.717, 1.165) is 25.3 Å². The maximum absolute atomic E-state index is 13.2. The number of hydrogen-bond acceptors (Lipinski definition) is 3. The van der Waals surface area contributed by atoms with E-state index in [9.17, 15) is 14.0 Å². The van der Waals surface area contributed by atoms with Crippen molar-refractivity contribution in [3.63, 3.8) is 0 Å². The third-order valence-electron chi connectivity index (χ3n) is 3.51. The molecule has 0 unspecified atom stereocenters. The van der Waals surface area contributed by atoms with Gasteiger partial charge in [0.2, 0.25) is 0 Å². The van der Waals surface area contributed by atoms with Gasteiger partial charge in [-0.15, -0.1) is 0 Å². The number of unbranched alkanes of at least 4 members (excludes halogenated alkanes) is 2. The highest BCUT2D eigenvalue weighted by molar-refractivity contribution is 6.31. The molecule has 0 aliphatic heterocycles. The molecule has 1 heterocycles. The molecule has 2 aromatic rings. The number of nitrogens with one attached hydrogen (secondary N) is 2. The minimum atomic E-state index is -0.567. The van der Waals surface area contributed by atoms with Crippen LogP contribution in [0.5, 0.6) is 0 Å². The lowest BCUT2D eigenvalue weighted by Gasteiger charge is -2.08.